The van der Waals surface area contributed by atoms with E-state index in [1.54, 1.807) is 0 Å². The maximum atomic E-state index is 9.71. The van der Waals surface area contributed by atoms with Crippen LogP contribution in [0.3, 0.4) is 0 Å². The van der Waals surface area contributed by atoms with E-state index in [2.05, 4.69) is 21.9 Å². The van der Waals surface area contributed by atoms with Crippen LogP contribution in [-0.2, 0) is 0 Å². The van der Waals surface area contributed by atoms with Crippen LogP contribution in [0.4, 0.5) is 0 Å². The van der Waals surface area contributed by atoms with E-state index in [0.29, 0.717) is 6.42 Å². The number of hydrogen-bond donors (Lipinski definition) is 1. The molecular formula is C11H11BrO. The fraction of sp³-hybridized carbons (Fsp3) is 0.273. The Morgan fingerprint density at radius 1 is 1.62 bits per heavy atom. The van der Waals surface area contributed by atoms with Crippen molar-refractivity contribution in [1.82, 2.24) is 0 Å². The average molecular weight is 239 g/mol. The molecule has 68 valence electrons. The van der Waals surface area contributed by atoms with E-state index < -0.39 is 6.10 Å². The molecule has 1 nitrogen and oxygen atoms in total. The van der Waals surface area contributed by atoms with Gasteiger partial charge in [-0.25, -0.2) is 0 Å². The first-order valence-corrected chi connectivity index (χ1v) is 4.82. The van der Waals surface area contributed by atoms with Gasteiger partial charge in [0, 0.05) is 10.9 Å². The van der Waals surface area contributed by atoms with Gasteiger partial charge in [-0.3, -0.25) is 0 Å². The Balaban J connectivity index is 3.06. The van der Waals surface area contributed by atoms with Crippen molar-refractivity contribution in [2.24, 2.45) is 0 Å². The molecule has 0 amide bonds. The third-order valence-electron chi connectivity index (χ3n) is 1.92. The molecule has 0 radical (unpaired) electrons. The molecular weight excluding hydrogens is 228 g/mol. The highest BCUT2D eigenvalue weighted by Crippen LogP contribution is 2.28. The maximum Gasteiger partial charge on any atom is 0.0912 e. The molecule has 1 N–H and O–H groups in total. The van der Waals surface area contributed by atoms with Crippen LogP contribution in [0, 0.1) is 19.3 Å². The highest BCUT2D eigenvalue weighted by atomic mass is 79.9. The van der Waals surface area contributed by atoms with Crippen molar-refractivity contribution in [3.63, 3.8) is 0 Å². The third kappa shape index (κ3) is 2.33. The van der Waals surface area contributed by atoms with Crippen molar-refractivity contribution in [3.05, 3.63) is 33.8 Å². The fourth-order valence-corrected chi connectivity index (χ4v) is 2.01. The van der Waals surface area contributed by atoms with Gasteiger partial charge in [-0.05, 0) is 24.1 Å². The van der Waals surface area contributed by atoms with Gasteiger partial charge in [-0.2, -0.15) is 0 Å². The Bertz CT molecular complexity index is 318. The van der Waals surface area contributed by atoms with Gasteiger partial charge in [0.15, 0.2) is 0 Å². The summed E-state index contributed by atoms with van der Waals surface area (Å²) in [5, 5.41) is 9.71. The SMILES string of the molecule is C#CCC(O)c1c(C)cccc1Br. The molecule has 0 saturated heterocycles. The normalized spacial score (nSPS) is 12.2. The van der Waals surface area contributed by atoms with Crippen molar-refractivity contribution < 1.29 is 5.11 Å². The van der Waals surface area contributed by atoms with E-state index in [-0.39, 0.29) is 0 Å². The second-order valence-corrected chi connectivity index (χ2v) is 3.75. The number of terminal acetylenes is 1. The van der Waals surface area contributed by atoms with Gasteiger partial charge in [-0.1, -0.05) is 28.1 Å². The number of aliphatic hydroxyl groups excluding tert-OH is 1. The molecule has 0 aliphatic rings. The van der Waals surface area contributed by atoms with Crippen LogP contribution >= 0.6 is 15.9 Å². The van der Waals surface area contributed by atoms with Crippen LogP contribution in [0.2, 0.25) is 0 Å². The van der Waals surface area contributed by atoms with Crippen molar-refractivity contribution >= 4 is 15.9 Å². The third-order valence-corrected chi connectivity index (χ3v) is 2.61. The number of hydrogen-bond acceptors (Lipinski definition) is 1. The molecule has 0 fully saturated rings. The smallest absolute Gasteiger partial charge is 0.0912 e. The molecule has 0 aliphatic heterocycles. The molecule has 0 aliphatic carbocycles. The molecule has 1 atom stereocenters. The maximum absolute atomic E-state index is 9.71. The van der Waals surface area contributed by atoms with Crippen molar-refractivity contribution in [2.45, 2.75) is 19.4 Å². The van der Waals surface area contributed by atoms with Crippen molar-refractivity contribution in [1.29, 1.82) is 0 Å². The molecule has 0 saturated carbocycles. The second kappa shape index (κ2) is 4.45. The summed E-state index contributed by atoms with van der Waals surface area (Å²) < 4.78 is 0.912. The Morgan fingerprint density at radius 2 is 2.31 bits per heavy atom. The van der Waals surface area contributed by atoms with Gasteiger partial charge in [0.1, 0.15) is 0 Å². The lowest BCUT2D eigenvalue weighted by molar-refractivity contribution is 0.182. The quantitative estimate of drug-likeness (QED) is 0.787. The topological polar surface area (TPSA) is 20.2 Å². The Hall–Kier alpha value is -0.780. The average Bonchev–Trinajstić information content (AvgIpc) is 2.04. The summed E-state index contributed by atoms with van der Waals surface area (Å²) in [6, 6.07) is 5.80. The monoisotopic (exact) mass is 238 g/mol. The first kappa shape index (κ1) is 10.3. The van der Waals surface area contributed by atoms with Crippen LogP contribution < -0.4 is 0 Å². The van der Waals surface area contributed by atoms with Gasteiger partial charge >= 0.3 is 0 Å². The lowest BCUT2D eigenvalue weighted by Gasteiger charge is -2.12. The summed E-state index contributed by atoms with van der Waals surface area (Å²) in [7, 11) is 0. The van der Waals surface area contributed by atoms with Crippen LogP contribution in [0.5, 0.6) is 0 Å². The first-order chi connectivity index (χ1) is 6.16. The number of benzene rings is 1. The largest absolute Gasteiger partial charge is 0.387 e. The minimum absolute atomic E-state index is 0.351. The number of aryl methyl sites for hydroxylation is 1. The Morgan fingerprint density at radius 3 is 2.85 bits per heavy atom. The summed E-state index contributed by atoms with van der Waals surface area (Å²) in [5.41, 5.74) is 1.94. The molecule has 1 rings (SSSR count). The van der Waals surface area contributed by atoms with E-state index in [4.69, 9.17) is 6.42 Å². The summed E-state index contributed by atoms with van der Waals surface area (Å²) in [5.74, 6) is 2.45. The van der Waals surface area contributed by atoms with Crippen LogP contribution in [-0.4, -0.2) is 5.11 Å². The predicted octanol–water partition coefficient (Wildman–Crippen LogP) is 2.81. The second-order valence-electron chi connectivity index (χ2n) is 2.89. The summed E-state index contributed by atoms with van der Waals surface area (Å²) >= 11 is 3.39. The summed E-state index contributed by atoms with van der Waals surface area (Å²) in [6.45, 7) is 1.96. The molecule has 1 unspecified atom stereocenters. The minimum Gasteiger partial charge on any atom is -0.387 e. The molecule has 0 aromatic heterocycles. The van der Waals surface area contributed by atoms with E-state index in [9.17, 15) is 5.11 Å². The fourth-order valence-electron chi connectivity index (χ4n) is 1.28. The lowest BCUT2D eigenvalue weighted by atomic mass is 10.0. The van der Waals surface area contributed by atoms with Gasteiger partial charge in [0.05, 0.1) is 6.10 Å². The molecule has 2 heteroatoms. The van der Waals surface area contributed by atoms with E-state index >= 15 is 0 Å². The van der Waals surface area contributed by atoms with Crippen LogP contribution in [0.1, 0.15) is 23.7 Å². The van der Waals surface area contributed by atoms with E-state index in [0.717, 1.165) is 15.6 Å². The zero-order valence-electron chi connectivity index (χ0n) is 7.42. The lowest BCUT2D eigenvalue weighted by Crippen LogP contribution is -1.99. The zero-order valence-corrected chi connectivity index (χ0v) is 9.01. The number of halogens is 1. The minimum atomic E-state index is -0.569. The molecule has 0 spiro atoms. The van der Waals surface area contributed by atoms with Crippen molar-refractivity contribution in [3.8, 4) is 12.3 Å². The summed E-state index contributed by atoms with van der Waals surface area (Å²) in [6.07, 6.45) is 4.92. The summed E-state index contributed by atoms with van der Waals surface area (Å²) in [4.78, 5) is 0. The van der Waals surface area contributed by atoms with Gasteiger partial charge in [-0.15, -0.1) is 12.3 Å². The Labute approximate surface area is 86.9 Å². The standard InChI is InChI=1S/C11H11BrO/c1-3-5-10(13)11-8(2)6-4-7-9(11)12/h1,4,6-7,10,13H,5H2,2H3. The van der Waals surface area contributed by atoms with Gasteiger partial charge in [0.2, 0.25) is 0 Å². The van der Waals surface area contributed by atoms with E-state index in [1.807, 2.05) is 25.1 Å². The molecule has 0 bridgehead atoms. The molecule has 1 aromatic carbocycles. The van der Waals surface area contributed by atoms with Crippen LogP contribution in [0.15, 0.2) is 22.7 Å². The van der Waals surface area contributed by atoms with E-state index in [1.165, 1.54) is 0 Å². The molecule has 0 heterocycles. The molecule has 1 aromatic rings. The molecule has 13 heavy (non-hydrogen) atoms. The Kier molecular flexibility index (Phi) is 3.53. The first-order valence-electron chi connectivity index (χ1n) is 4.03. The van der Waals surface area contributed by atoms with Crippen LogP contribution in [0.25, 0.3) is 0 Å². The zero-order chi connectivity index (χ0) is 9.84. The van der Waals surface area contributed by atoms with Crippen molar-refractivity contribution in [2.75, 3.05) is 0 Å². The number of aliphatic hydroxyl groups is 1. The van der Waals surface area contributed by atoms with Gasteiger partial charge in [0.25, 0.3) is 0 Å². The highest BCUT2D eigenvalue weighted by Gasteiger charge is 2.11. The van der Waals surface area contributed by atoms with Gasteiger partial charge < -0.3 is 5.11 Å². The number of rotatable bonds is 2. The predicted molar refractivity (Wildman–Crippen MR) is 57.3 cm³/mol. The highest BCUT2D eigenvalue weighted by molar-refractivity contribution is 9.10.